The second kappa shape index (κ2) is 4.24. The van der Waals surface area contributed by atoms with E-state index in [9.17, 15) is 9.50 Å². The van der Waals surface area contributed by atoms with Crippen molar-refractivity contribution >= 4 is 11.6 Å². The third-order valence-electron chi connectivity index (χ3n) is 1.48. The standard InChI is InChI=1S/C9H8ClFO/c10-8-4-2-1-3-7(8)9(12)5-6-11/h1-6,9,12H. The van der Waals surface area contributed by atoms with Crippen LogP contribution in [0.3, 0.4) is 0 Å². The van der Waals surface area contributed by atoms with Gasteiger partial charge >= 0.3 is 0 Å². The van der Waals surface area contributed by atoms with Gasteiger partial charge in [0, 0.05) is 10.6 Å². The minimum absolute atomic E-state index is 0.300. The molecule has 1 atom stereocenters. The quantitative estimate of drug-likeness (QED) is 0.753. The summed E-state index contributed by atoms with van der Waals surface area (Å²) >= 11 is 5.74. The second-order valence-electron chi connectivity index (χ2n) is 2.28. The molecule has 0 aliphatic carbocycles. The lowest BCUT2D eigenvalue weighted by atomic mass is 10.1. The molecule has 64 valence electrons. The topological polar surface area (TPSA) is 20.2 Å². The van der Waals surface area contributed by atoms with E-state index in [1.165, 1.54) is 0 Å². The number of halogens is 2. The molecule has 1 unspecified atom stereocenters. The van der Waals surface area contributed by atoms with Crippen LogP contribution in [0.4, 0.5) is 4.39 Å². The lowest BCUT2D eigenvalue weighted by Crippen LogP contribution is -1.92. The molecule has 0 saturated heterocycles. The van der Waals surface area contributed by atoms with Crippen LogP contribution in [-0.2, 0) is 0 Å². The Morgan fingerprint density at radius 3 is 2.67 bits per heavy atom. The molecule has 0 amide bonds. The van der Waals surface area contributed by atoms with Crippen LogP contribution in [0.15, 0.2) is 36.7 Å². The van der Waals surface area contributed by atoms with Gasteiger partial charge in [0.2, 0.25) is 0 Å². The van der Waals surface area contributed by atoms with Crippen LogP contribution < -0.4 is 0 Å². The van der Waals surface area contributed by atoms with E-state index in [4.69, 9.17) is 11.6 Å². The van der Waals surface area contributed by atoms with E-state index in [1.807, 2.05) is 0 Å². The van der Waals surface area contributed by atoms with Crippen molar-refractivity contribution in [1.82, 2.24) is 0 Å². The summed E-state index contributed by atoms with van der Waals surface area (Å²) in [4.78, 5) is 0. The second-order valence-corrected chi connectivity index (χ2v) is 2.69. The summed E-state index contributed by atoms with van der Waals surface area (Å²) in [5.41, 5.74) is 0.507. The largest absolute Gasteiger partial charge is 0.384 e. The molecule has 12 heavy (non-hydrogen) atoms. The Balaban J connectivity index is 2.94. The zero-order chi connectivity index (χ0) is 8.97. The van der Waals surface area contributed by atoms with E-state index in [-0.39, 0.29) is 0 Å². The summed E-state index contributed by atoms with van der Waals surface area (Å²) in [5.74, 6) is 0. The van der Waals surface area contributed by atoms with E-state index in [0.29, 0.717) is 16.9 Å². The van der Waals surface area contributed by atoms with Crippen molar-refractivity contribution in [2.75, 3.05) is 0 Å². The molecular formula is C9H8ClFO. The van der Waals surface area contributed by atoms with Crippen molar-refractivity contribution in [1.29, 1.82) is 0 Å². The first-order valence-corrected chi connectivity index (χ1v) is 3.83. The Morgan fingerprint density at radius 2 is 2.08 bits per heavy atom. The molecule has 0 saturated carbocycles. The summed E-state index contributed by atoms with van der Waals surface area (Å²) in [6, 6.07) is 6.77. The van der Waals surface area contributed by atoms with Crippen LogP contribution in [0.25, 0.3) is 0 Å². The molecule has 3 heteroatoms. The van der Waals surface area contributed by atoms with Gasteiger partial charge in [-0.25, -0.2) is 4.39 Å². The first-order chi connectivity index (χ1) is 5.75. The Bertz CT molecular complexity index is 286. The normalized spacial score (nSPS) is 13.6. The van der Waals surface area contributed by atoms with E-state index in [0.717, 1.165) is 6.08 Å². The van der Waals surface area contributed by atoms with E-state index in [2.05, 4.69) is 0 Å². The van der Waals surface area contributed by atoms with Crippen LogP contribution in [-0.4, -0.2) is 5.11 Å². The minimum atomic E-state index is -0.969. The van der Waals surface area contributed by atoms with E-state index < -0.39 is 6.10 Å². The number of hydrogen-bond acceptors (Lipinski definition) is 1. The first kappa shape index (κ1) is 9.23. The highest BCUT2D eigenvalue weighted by atomic mass is 35.5. The summed E-state index contributed by atoms with van der Waals surface area (Å²) in [5, 5.41) is 9.72. The van der Waals surface area contributed by atoms with Gasteiger partial charge in [0.15, 0.2) is 0 Å². The highest BCUT2D eigenvalue weighted by Crippen LogP contribution is 2.23. The van der Waals surface area contributed by atoms with Crippen molar-refractivity contribution in [3.63, 3.8) is 0 Å². The van der Waals surface area contributed by atoms with Crippen LogP contribution >= 0.6 is 11.6 Å². The molecule has 0 aromatic heterocycles. The highest BCUT2D eigenvalue weighted by molar-refractivity contribution is 6.31. The van der Waals surface area contributed by atoms with Gasteiger partial charge in [-0.3, -0.25) is 0 Å². The molecule has 0 heterocycles. The average Bonchev–Trinajstić information content (AvgIpc) is 2.05. The van der Waals surface area contributed by atoms with Gasteiger partial charge in [-0.05, 0) is 12.1 Å². The highest BCUT2D eigenvalue weighted by Gasteiger charge is 2.06. The van der Waals surface area contributed by atoms with Crippen LogP contribution in [0.5, 0.6) is 0 Å². The zero-order valence-electron chi connectivity index (χ0n) is 6.24. The number of aliphatic hydroxyl groups excluding tert-OH is 1. The summed E-state index contributed by atoms with van der Waals surface area (Å²) in [6.45, 7) is 0. The predicted molar refractivity (Wildman–Crippen MR) is 46.7 cm³/mol. The van der Waals surface area contributed by atoms with Gasteiger partial charge < -0.3 is 5.11 Å². The molecule has 0 bridgehead atoms. The number of aliphatic hydroxyl groups is 1. The van der Waals surface area contributed by atoms with Crippen LogP contribution in [0, 0.1) is 0 Å². The number of hydrogen-bond donors (Lipinski definition) is 1. The van der Waals surface area contributed by atoms with E-state index >= 15 is 0 Å². The van der Waals surface area contributed by atoms with Gasteiger partial charge in [0.25, 0.3) is 0 Å². The summed E-state index contributed by atoms with van der Waals surface area (Å²) in [6.07, 6.45) is 0.360. The minimum Gasteiger partial charge on any atom is -0.384 e. The molecule has 1 rings (SSSR count). The summed E-state index contributed by atoms with van der Waals surface area (Å²) in [7, 11) is 0. The SMILES string of the molecule is OC(C=CF)c1ccccc1Cl. The van der Waals surface area contributed by atoms with Crippen LogP contribution in [0.1, 0.15) is 11.7 Å². The van der Waals surface area contributed by atoms with E-state index in [1.54, 1.807) is 24.3 Å². The van der Waals surface area contributed by atoms with Gasteiger partial charge in [0.1, 0.15) is 6.10 Å². The van der Waals surface area contributed by atoms with Gasteiger partial charge in [-0.15, -0.1) is 0 Å². The van der Waals surface area contributed by atoms with Crippen molar-refractivity contribution < 1.29 is 9.50 Å². The molecule has 0 fully saturated rings. The average molecular weight is 187 g/mol. The van der Waals surface area contributed by atoms with Crippen molar-refractivity contribution in [2.24, 2.45) is 0 Å². The molecule has 0 radical (unpaired) electrons. The first-order valence-electron chi connectivity index (χ1n) is 3.45. The van der Waals surface area contributed by atoms with Crippen LogP contribution in [0.2, 0.25) is 5.02 Å². The molecule has 1 aromatic carbocycles. The Morgan fingerprint density at radius 1 is 1.42 bits per heavy atom. The van der Waals surface area contributed by atoms with Gasteiger partial charge in [-0.2, -0.15) is 0 Å². The molecule has 0 aliphatic heterocycles. The Labute approximate surface area is 75.1 Å². The molecule has 1 N–H and O–H groups in total. The molecular weight excluding hydrogens is 179 g/mol. The third kappa shape index (κ3) is 2.06. The zero-order valence-corrected chi connectivity index (χ0v) is 7.00. The van der Waals surface area contributed by atoms with Crippen molar-refractivity contribution in [3.8, 4) is 0 Å². The maximum atomic E-state index is 11.7. The fourth-order valence-electron chi connectivity index (χ4n) is 0.888. The Kier molecular flexibility index (Phi) is 3.26. The lowest BCUT2D eigenvalue weighted by molar-refractivity contribution is 0.227. The monoisotopic (exact) mass is 186 g/mol. The predicted octanol–water partition coefficient (Wildman–Crippen LogP) is 2.86. The third-order valence-corrected chi connectivity index (χ3v) is 1.82. The molecule has 0 spiro atoms. The fourth-order valence-corrected chi connectivity index (χ4v) is 1.14. The number of rotatable bonds is 2. The fraction of sp³-hybridized carbons (Fsp3) is 0.111. The molecule has 1 nitrogen and oxygen atoms in total. The molecule has 0 aliphatic rings. The lowest BCUT2D eigenvalue weighted by Gasteiger charge is -2.06. The van der Waals surface area contributed by atoms with Gasteiger partial charge in [0.05, 0.1) is 6.33 Å². The smallest absolute Gasteiger partial charge is 0.101 e. The molecule has 1 aromatic rings. The number of benzene rings is 1. The Hall–Kier alpha value is -0.860. The van der Waals surface area contributed by atoms with Crippen molar-refractivity contribution in [3.05, 3.63) is 47.3 Å². The maximum Gasteiger partial charge on any atom is 0.101 e. The van der Waals surface area contributed by atoms with Gasteiger partial charge in [-0.1, -0.05) is 29.8 Å². The maximum absolute atomic E-state index is 11.7. The van der Waals surface area contributed by atoms with Crippen molar-refractivity contribution in [2.45, 2.75) is 6.10 Å². The summed E-state index contributed by atoms with van der Waals surface area (Å²) < 4.78 is 11.7.